The Kier molecular flexibility index (Phi) is 7.04. The number of rotatable bonds is 7. The highest BCUT2D eigenvalue weighted by Crippen LogP contribution is 2.23. The molecule has 6 heteroatoms. The third-order valence-corrected chi connectivity index (χ3v) is 3.19. The SMILES string of the molecule is CCOc1ccc(/C=N/NC(=S)Nc2ccccc2)c(OCC)c1. The topological polar surface area (TPSA) is 54.9 Å². The summed E-state index contributed by atoms with van der Waals surface area (Å²) in [6, 6.07) is 15.3. The molecule has 0 aromatic heterocycles. The lowest BCUT2D eigenvalue weighted by Gasteiger charge is -2.10. The monoisotopic (exact) mass is 343 g/mol. The van der Waals surface area contributed by atoms with Gasteiger partial charge < -0.3 is 14.8 Å². The molecule has 5 nitrogen and oxygen atoms in total. The van der Waals surface area contributed by atoms with Crippen molar-refractivity contribution in [2.45, 2.75) is 13.8 Å². The molecule has 24 heavy (non-hydrogen) atoms. The van der Waals surface area contributed by atoms with Gasteiger partial charge in [-0.25, -0.2) is 0 Å². The zero-order chi connectivity index (χ0) is 17.2. The number of ether oxygens (including phenoxy) is 2. The Bertz CT molecular complexity index is 690. The lowest BCUT2D eigenvalue weighted by atomic mass is 10.2. The van der Waals surface area contributed by atoms with E-state index in [0.717, 1.165) is 22.7 Å². The molecular weight excluding hydrogens is 322 g/mol. The molecule has 0 aliphatic carbocycles. The molecule has 0 amide bonds. The number of anilines is 1. The zero-order valence-electron chi connectivity index (χ0n) is 13.8. The Balaban J connectivity index is 1.98. The quantitative estimate of drug-likeness (QED) is 0.455. The highest BCUT2D eigenvalue weighted by molar-refractivity contribution is 7.80. The summed E-state index contributed by atoms with van der Waals surface area (Å²) in [5.41, 5.74) is 4.54. The summed E-state index contributed by atoms with van der Waals surface area (Å²) in [5.74, 6) is 1.49. The first-order chi connectivity index (χ1) is 11.7. The molecular formula is C18H21N3O2S. The summed E-state index contributed by atoms with van der Waals surface area (Å²) in [6.07, 6.45) is 1.67. The van der Waals surface area contributed by atoms with Gasteiger partial charge in [0.15, 0.2) is 5.11 Å². The van der Waals surface area contributed by atoms with E-state index >= 15 is 0 Å². The number of hydrazone groups is 1. The van der Waals surface area contributed by atoms with Crippen molar-refractivity contribution in [3.05, 3.63) is 54.1 Å². The highest BCUT2D eigenvalue weighted by Gasteiger charge is 2.04. The van der Waals surface area contributed by atoms with E-state index in [0.29, 0.717) is 18.3 Å². The van der Waals surface area contributed by atoms with Crippen molar-refractivity contribution in [1.82, 2.24) is 5.43 Å². The van der Waals surface area contributed by atoms with Crippen LogP contribution in [-0.4, -0.2) is 24.5 Å². The fraction of sp³-hybridized carbons (Fsp3) is 0.222. The van der Waals surface area contributed by atoms with Gasteiger partial charge in [0.2, 0.25) is 0 Å². The molecule has 126 valence electrons. The summed E-state index contributed by atoms with van der Waals surface area (Å²) in [4.78, 5) is 0. The normalized spacial score (nSPS) is 10.4. The molecule has 0 saturated heterocycles. The van der Waals surface area contributed by atoms with Crippen molar-refractivity contribution in [1.29, 1.82) is 0 Å². The van der Waals surface area contributed by atoms with Crippen LogP contribution in [0.15, 0.2) is 53.6 Å². The minimum atomic E-state index is 0.418. The smallest absolute Gasteiger partial charge is 0.191 e. The van der Waals surface area contributed by atoms with Crippen LogP contribution >= 0.6 is 12.2 Å². The maximum Gasteiger partial charge on any atom is 0.191 e. The van der Waals surface area contributed by atoms with Gasteiger partial charge >= 0.3 is 0 Å². The summed E-state index contributed by atoms with van der Waals surface area (Å²) in [7, 11) is 0. The van der Waals surface area contributed by atoms with Crippen LogP contribution in [0.5, 0.6) is 11.5 Å². The van der Waals surface area contributed by atoms with Gasteiger partial charge in [0.05, 0.1) is 19.4 Å². The van der Waals surface area contributed by atoms with Crippen LogP contribution in [0.1, 0.15) is 19.4 Å². The fourth-order valence-corrected chi connectivity index (χ4v) is 2.17. The van der Waals surface area contributed by atoms with E-state index in [2.05, 4.69) is 15.8 Å². The number of para-hydroxylation sites is 1. The number of nitrogens with zero attached hydrogens (tertiary/aromatic N) is 1. The second kappa shape index (κ2) is 9.52. The number of thiocarbonyl (C=S) groups is 1. The lowest BCUT2D eigenvalue weighted by molar-refractivity contribution is 0.323. The van der Waals surface area contributed by atoms with Crippen molar-refractivity contribution < 1.29 is 9.47 Å². The molecule has 2 aromatic carbocycles. The second-order valence-corrected chi connectivity index (χ2v) is 5.16. The van der Waals surface area contributed by atoms with Crippen molar-refractivity contribution in [3.63, 3.8) is 0 Å². The number of nitrogens with one attached hydrogen (secondary N) is 2. The van der Waals surface area contributed by atoms with Gasteiger partial charge in [0.25, 0.3) is 0 Å². The first-order valence-corrected chi connectivity index (χ1v) is 8.18. The van der Waals surface area contributed by atoms with Crippen LogP contribution in [-0.2, 0) is 0 Å². The van der Waals surface area contributed by atoms with Crippen molar-refractivity contribution in [2.75, 3.05) is 18.5 Å². The highest BCUT2D eigenvalue weighted by atomic mass is 32.1. The average Bonchev–Trinajstić information content (AvgIpc) is 2.58. The van der Waals surface area contributed by atoms with E-state index in [-0.39, 0.29) is 0 Å². The number of hydrogen-bond acceptors (Lipinski definition) is 4. The number of hydrogen-bond donors (Lipinski definition) is 2. The molecule has 0 unspecified atom stereocenters. The Morgan fingerprint density at radius 2 is 1.83 bits per heavy atom. The van der Waals surface area contributed by atoms with Crippen molar-refractivity contribution in [2.24, 2.45) is 5.10 Å². The summed E-state index contributed by atoms with van der Waals surface area (Å²) in [5, 5.41) is 7.62. The zero-order valence-corrected chi connectivity index (χ0v) is 14.6. The van der Waals surface area contributed by atoms with Gasteiger partial charge in [-0.2, -0.15) is 5.10 Å². The van der Waals surface area contributed by atoms with E-state index in [1.807, 2.05) is 62.4 Å². The molecule has 0 aliphatic rings. The molecule has 2 rings (SSSR count). The fourth-order valence-electron chi connectivity index (χ4n) is 2.00. The second-order valence-electron chi connectivity index (χ2n) is 4.76. The van der Waals surface area contributed by atoms with Crippen LogP contribution in [0.25, 0.3) is 0 Å². The average molecular weight is 343 g/mol. The summed E-state index contributed by atoms with van der Waals surface area (Å²) >= 11 is 5.20. The molecule has 0 fully saturated rings. The molecule has 0 saturated carbocycles. The Hall–Kier alpha value is -2.60. The van der Waals surface area contributed by atoms with Crippen molar-refractivity contribution in [3.8, 4) is 11.5 Å². The van der Waals surface area contributed by atoms with Gasteiger partial charge in [-0.1, -0.05) is 18.2 Å². The first kappa shape index (κ1) is 17.7. The molecule has 2 N–H and O–H groups in total. The summed E-state index contributed by atoms with van der Waals surface area (Å²) < 4.78 is 11.1. The van der Waals surface area contributed by atoms with Crippen LogP contribution in [0.4, 0.5) is 5.69 Å². The molecule has 2 aromatic rings. The van der Waals surface area contributed by atoms with Gasteiger partial charge in [-0.05, 0) is 50.3 Å². The van der Waals surface area contributed by atoms with E-state index in [1.54, 1.807) is 6.21 Å². The largest absolute Gasteiger partial charge is 0.494 e. The van der Waals surface area contributed by atoms with E-state index in [4.69, 9.17) is 21.7 Å². The van der Waals surface area contributed by atoms with Crippen LogP contribution < -0.4 is 20.2 Å². The minimum Gasteiger partial charge on any atom is -0.494 e. The summed E-state index contributed by atoms with van der Waals surface area (Å²) in [6.45, 7) is 5.06. The molecule has 0 radical (unpaired) electrons. The lowest BCUT2D eigenvalue weighted by Crippen LogP contribution is -2.23. The van der Waals surface area contributed by atoms with E-state index < -0.39 is 0 Å². The van der Waals surface area contributed by atoms with E-state index in [1.165, 1.54) is 0 Å². The maximum absolute atomic E-state index is 5.63. The van der Waals surface area contributed by atoms with Gasteiger partial charge in [-0.3, -0.25) is 5.43 Å². The Morgan fingerprint density at radius 1 is 1.08 bits per heavy atom. The maximum atomic E-state index is 5.63. The van der Waals surface area contributed by atoms with Crippen LogP contribution in [0.3, 0.4) is 0 Å². The van der Waals surface area contributed by atoms with E-state index in [9.17, 15) is 0 Å². The third kappa shape index (κ3) is 5.55. The molecule has 0 atom stereocenters. The van der Waals surface area contributed by atoms with Gasteiger partial charge in [-0.15, -0.1) is 0 Å². The number of benzene rings is 2. The van der Waals surface area contributed by atoms with Crippen molar-refractivity contribution >= 4 is 29.2 Å². The molecule has 0 bridgehead atoms. The standard InChI is InChI=1S/C18H21N3O2S/c1-3-22-16-11-10-14(17(12-16)23-4-2)13-19-21-18(24)20-15-8-6-5-7-9-15/h5-13H,3-4H2,1-2H3,(H2,20,21,24)/b19-13+. The predicted octanol–water partition coefficient (Wildman–Crippen LogP) is 3.80. The van der Waals surface area contributed by atoms with Gasteiger partial charge in [0.1, 0.15) is 11.5 Å². The molecule has 0 heterocycles. The molecule has 0 aliphatic heterocycles. The Labute approximate surface area is 147 Å². The third-order valence-electron chi connectivity index (χ3n) is 3.00. The van der Waals surface area contributed by atoms with Crippen LogP contribution in [0, 0.1) is 0 Å². The van der Waals surface area contributed by atoms with Crippen LogP contribution in [0.2, 0.25) is 0 Å². The Morgan fingerprint density at radius 3 is 2.54 bits per heavy atom. The molecule has 0 spiro atoms. The predicted molar refractivity (Wildman–Crippen MR) is 102 cm³/mol. The van der Waals surface area contributed by atoms with Gasteiger partial charge in [0, 0.05) is 17.3 Å². The minimum absolute atomic E-state index is 0.418. The first-order valence-electron chi connectivity index (χ1n) is 7.77.